The largest absolute Gasteiger partial charge is 0.312 e. The predicted molar refractivity (Wildman–Crippen MR) is 124 cm³/mol. The van der Waals surface area contributed by atoms with Crippen molar-refractivity contribution in [3.05, 3.63) is 82.3 Å². The van der Waals surface area contributed by atoms with Gasteiger partial charge in [0, 0.05) is 18.7 Å². The number of carbonyl (C=O) groups is 2. The summed E-state index contributed by atoms with van der Waals surface area (Å²) in [4.78, 5) is 44.2. The van der Waals surface area contributed by atoms with Gasteiger partial charge in [0.05, 0.1) is 17.8 Å². The minimum atomic E-state index is -0.612. The quantitative estimate of drug-likeness (QED) is 0.504. The molecule has 1 aliphatic rings. The van der Waals surface area contributed by atoms with Gasteiger partial charge in [0.1, 0.15) is 17.5 Å². The standard InChI is InChI=1S/C24H21FN6O3/c1-14-3-6-19(9-15(14)2)29-12-16(10-21(29)32)23(33)28-30-13-26-22-20(24(30)34)11-27-31(22)18-7-4-17(25)5-8-18/h3-9,11,13,16H,10,12H2,1-2H3,(H,28,33). The number of halogens is 1. The Labute approximate surface area is 193 Å². The highest BCUT2D eigenvalue weighted by atomic mass is 19.1. The van der Waals surface area contributed by atoms with E-state index in [9.17, 15) is 18.8 Å². The van der Waals surface area contributed by atoms with E-state index in [0.29, 0.717) is 5.69 Å². The van der Waals surface area contributed by atoms with E-state index in [1.807, 2.05) is 32.0 Å². The average molecular weight is 460 g/mol. The number of aryl methyl sites for hydroxylation is 2. The number of benzene rings is 2. The lowest BCUT2D eigenvalue weighted by atomic mass is 10.1. The molecule has 1 atom stereocenters. The third-order valence-electron chi connectivity index (χ3n) is 6.09. The first-order chi connectivity index (χ1) is 16.3. The Morgan fingerprint density at radius 3 is 2.53 bits per heavy atom. The number of anilines is 1. The Kier molecular flexibility index (Phi) is 5.20. The van der Waals surface area contributed by atoms with Gasteiger partial charge in [0.2, 0.25) is 11.8 Å². The van der Waals surface area contributed by atoms with E-state index in [4.69, 9.17) is 0 Å². The molecule has 1 fully saturated rings. The van der Waals surface area contributed by atoms with Gasteiger partial charge in [-0.2, -0.15) is 5.10 Å². The summed E-state index contributed by atoms with van der Waals surface area (Å²) >= 11 is 0. The molecule has 1 saturated heterocycles. The van der Waals surface area contributed by atoms with Crippen LogP contribution in [0.3, 0.4) is 0 Å². The molecule has 2 aromatic carbocycles. The van der Waals surface area contributed by atoms with E-state index in [0.717, 1.165) is 21.5 Å². The number of amides is 2. The van der Waals surface area contributed by atoms with Crippen molar-refractivity contribution in [2.45, 2.75) is 20.3 Å². The van der Waals surface area contributed by atoms with Gasteiger partial charge >= 0.3 is 0 Å². The Balaban J connectivity index is 1.36. The first kappa shape index (κ1) is 21.5. The minimum absolute atomic E-state index is 0.0473. The molecule has 10 heteroatoms. The van der Waals surface area contributed by atoms with Gasteiger partial charge in [0.25, 0.3) is 5.56 Å². The van der Waals surface area contributed by atoms with Crippen LogP contribution in [0.2, 0.25) is 0 Å². The molecule has 34 heavy (non-hydrogen) atoms. The fraction of sp³-hybridized carbons (Fsp3) is 0.208. The van der Waals surface area contributed by atoms with E-state index in [-0.39, 0.29) is 35.7 Å². The topological polar surface area (TPSA) is 102 Å². The first-order valence-electron chi connectivity index (χ1n) is 10.7. The Morgan fingerprint density at radius 1 is 1.06 bits per heavy atom. The molecule has 3 heterocycles. The molecule has 0 aliphatic carbocycles. The second kappa shape index (κ2) is 8.22. The lowest BCUT2D eigenvalue weighted by Crippen LogP contribution is -2.37. The molecular formula is C24H21FN6O3. The number of aromatic nitrogens is 4. The van der Waals surface area contributed by atoms with E-state index in [1.165, 1.54) is 41.5 Å². The maximum Gasteiger partial charge on any atom is 0.283 e. The van der Waals surface area contributed by atoms with Crippen LogP contribution in [0.1, 0.15) is 17.5 Å². The third-order valence-corrected chi connectivity index (χ3v) is 6.09. The second-order valence-electron chi connectivity index (χ2n) is 8.34. The van der Waals surface area contributed by atoms with Gasteiger partial charge < -0.3 is 4.90 Å². The van der Waals surface area contributed by atoms with Crippen LogP contribution in [0.4, 0.5) is 10.1 Å². The van der Waals surface area contributed by atoms with Gasteiger partial charge in [-0.15, -0.1) is 0 Å². The highest BCUT2D eigenvalue weighted by Crippen LogP contribution is 2.27. The van der Waals surface area contributed by atoms with Crippen molar-refractivity contribution in [1.29, 1.82) is 0 Å². The molecule has 4 aromatic rings. The van der Waals surface area contributed by atoms with Crippen molar-refractivity contribution >= 4 is 28.5 Å². The summed E-state index contributed by atoms with van der Waals surface area (Å²) in [5.74, 6) is -1.60. The Bertz CT molecular complexity index is 1490. The van der Waals surface area contributed by atoms with E-state index < -0.39 is 17.4 Å². The van der Waals surface area contributed by atoms with Crippen LogP contribution in [-0.2, 0) is 9.59 Å². The van der Waals surface area contributed by atoms with Crippen molar-refractivity contribution in [3.63, 3.8) is 0 Å². The van der Waals surface area contributed by atoms with Crippen molar-refractivity contribution in [1.82, 2.24) is 19.4 Å². The number of rotatable bonds is 4. The molecule has 2 aromatic heterocycles. The molecule has 1 unspecified atom stereocenters. The van der Waals surface area contributed by atoms with Crippen LogP contribution in [0.25, 0.3) is 16.7 Å². The van der Waals surface area contributed by atoms with Gasteiger partial charge in [0.15, 0.2) is 5.65 Å². The molecular weight excluding hydrogens is 439 g/mol. The van der Waals surface area contributed by atoms with Crippen LogP contribution < -0.4 is 15.9 Å². The maximum atomic E-state index is 13.2. The van der Waals surface area contributed by atoms with Crippen molar-refractivity contribution < 1.29 is 14.0 Å². The fourth-order valence-electron chi connectivity index (χ4n) is 4.00. The molecule has 1 N–H and O–H groups in total. The van der Waals surface area contributed by atoms with Gasteiger partial charge in [-0.25, -0.2) is 18.7 Å². The first-order valence-corrected chi connectivity index (χ1v) is 10.7. The van der Waals surface area contributed by atoms with Gasteiger partial charge in [-0.05, 0) is 61.4 Å². The summed E-state index contributed by atoms with van der Waals surface area (Å²) in [6.45, 7) is 4.19. The number of hydrogen-bond donors (Lipinski definition) is 1. The average Bonchev–Trinajstić information content (AvgIpc) is 3.42. The molecule has 1 aliphatic heterocycles. The van der Waals surface area contributed by atoms with Gasteiger partial charge in [-0.3, -0.25) is 19.8 Å². The van der Waals surface area contributed by atoms with E-state index >= 15 is 0 Å². The Morgan fingerprint density at radius 2 is 1.79 bits per heavy atom. The zero-order valence-corrected chi connectivity index (χ0v) is 18.5. The predicted octanol–water partition coefficient (Wildman–Crippen LogP) is 2.46. The summed E-state index contributed by atoms with van der Waals surface area (Å²) in [6.07, 6.45) is 2.59. The molecule has 5 rings (SSSR count). The summed E-state index contributed by atoms with van der Waals surface area (Å²) in [7, 11) is 0. The monoisotopic (exact) mass is 460 g/mol. The van der Waals surface area contributed by atoms with Crippen molar-refractivity contribution in [2.75, 3.05) is 16.9 Å². The lowest BCUT2D eigenvalue weighted by molar-refractivity contribution is -0.123. The molecule has 0 bridgehead atoms. The fourth-order valence-corrected chi connectivity index (χ4v) is 4.00. The molecule has 0 spiro atoms. The van der Waals surface area contributed by atoms with Crippen LogP contribution in [0.5, 0.6) is 0 Å². The number of hydrogen-bond acceptors (Lipinski definition) is 5. The summed E-state index contributed by atoms with van der Waals surface area (Å²) < 4.78 is 15.6. The highest BCUT2D eigenvalue weighted by molar-refractivity contribution is 6.02. The molecule has 9 nitrogen and oxygen atoms in total. The molecule has 0 radical (unpaired) electrons. The SMILES string of the molecule is Cc1ccc(N2CC(C(=O)Nn3cnc4c(cnn4-c4ccc(F)cc4)c3=O)CC2=O)cc1C. The molecule has 0 saturated carbocycles. The van der Waals surface area contributed by atoms with E-state index in [2.05, 4.69) is 15.5 Å². The minimum Gasteiger partial charge on any atom is -0.312 e. The zero-order chi connectivity index (χ0) is 24.0. The van der Waals surface area contributed by atoms with E-state index in [1.54, 1.807) is 4.90 Å². The van der Waals surface area contributed by atoms with Crippen molar-refractivity contribution in [3.8, 4) is 5.69 Å². The molecule has 2 amide bonds. The summed E-state index contributed by atoms with van der Waals surface area (Å²) in [5, 5.41) is 4.36. The van der Waals surface area contributed by atoms with Crippen LogP contribution in [-0.4, -0.2) is 37.8 Å². The van der Waals surface area contributed by atoms with Crippen molar-refractivity contribution in [2.24, 2.45) is 5.92 Å². The third kappa shape index (κ3) is 3.72. The second-order valence-corrected chi connectivity index (χ2v) is 8.34. The van der Waals surface area contributed by atoms with Crippen LogP contribution >= 0.6 is 0 Å². The van der Waals surface area contributed by atoms with Gasteiger partial charge in [-0.1, -0.05) is 6.07 Å². The van der Waals surface area contributed by atoms with Crippen LogP contribution in [0.15, 0.2) is 59.8 Å². The smallest absolute Gasteiger partial charge is 0.283 e. The maximum absolute atomic E-state index is 13.2. The normalized spacial score (nSPS) is 15.8. The molecule has 172 valence electrons. The summed E-state index contributed by atoms with van der Waals surface area (Å²) in [5.41, 5.74) is 5.79. The highest BCUT2D eigenvalue weighted by Gasteiger charge is 2.35. The number of nitrogens with one attached hydrogen (secondary N) is 1. The lowest BCUT2D eigenvalue weighted by Gasteiger charge is -2.18. The number of nitrogens with zero attached hydrogens (tertiary/aromatic N) is 5. The number of fused-ring (bicyclic) bond motifs is 1. The number of carbonyl (C=O) groups excluding carboxylic acids is 2. The Hall–Kier alpha value is -4.34. The van der Waals surface area contributed by atoms with Crippen LogP contribution in [0, 0.1) is 25.6 Å². The summed E-state index contributed by atoms with van der Waals surface area (Å²) in [6, 6.07) is 11.3. The zero-order valence-electron chi connectivity index (χ0n) is 18.5.